The zero-order valence-corrected chi connectivity index (χ0v) is 14.2. The van der Waals surface area contributed by atoms with E-state index in [0.29, 0.717) is 5.02 Å². The second-order valence-electron chi connectivity index (χ2n) is 4.66. The number of benzene rings is 2. The molecular weight excluding hydrogens is 366 g/mol. The van der Waals surface area contributed by atoms with Crippen LogP contribution in [0.4, 0.5) is 5.69 Å². The van der Waals surface area contributed by atoms with E-state index in [1.807, 2.05) is 36.4 Å². The molecule has 0 aromatic heterocycles. The molecule has 1 amide bonds. The van der Waals surface area contributed by atoms with E-state index in [1.165, 1.54) is 0 Å². The molecule has 0 heterocycles. The third-order valence-electron chi connectivity index (χ3n) is 2.88. The molecule has 2 aromatic carbocycles. The first-order valence-corrected chi connectivity index (χ1v) is 7.82. The highest BCUT2D eigenvalue weighted by atomic mass is 79.9. The summed E-state index contributed by atoms with van der Waals surface area (Å²) in [6.07, 6.45) is 1.57. The monoisotopic (exact) mass is 379 g/mol. The molecule has 114 valence electrons. The maximum Gasteiger partial charge on any atom is 0.262 e. The van der Waals surface area contributed by atoms with Gasteiger partial charge in [-0.05, 0) is 48.9 Å². The molecule has 0 saturated heterocycles. The minimum atomic E-state index is -0.399. The van der Waals surface area contributed by atoms with Crippen molar-refractivity contribution in [2.45, 2.75) is 13.0 Å². The van der Waals surface area contributed by atoms with Crippen LogP contribution < -0.4 is 10.7 Å². The average Bonchev–Trinajstić information content (AvgIpc) is 2.51. The standard InChI is InChI=1S/C16H15BrClN3O/c1-11(20-15-8-4-13(17)5-9-15)16(22)21-19-10-12-2-6-14(18)7-3-12/h2-11,20H,1H3,(H,21,22)/b19-10-/t11-/m0/s1. The van der Waals surface area contributed by atoms with Gasteiger partial charge in [0.25, 0.3) is 5.91 Å². The van der Waals surface area contributed by atoms with Crippen LogP contribution in [0.1, 0.15) is 12.5 Å². The molecule has 0 unspecified atom stereocenters. The highest BCUT2D eigenvalue weighted by molar-refractivity contribution is 9.10. The van der Waals surface area contributed by atoms with E-state index in [4.69, 9.17) is 11.6 Å². The molecule has 2 N–H and O–H groups in total. The molecule has 6 heteroatoms. The van der Waals surface area contributed by atoms with Crippen molar-refractivity contribution < 1.29 is 4.79 Å². The summed E-state index contributed by atoms with van der Waals surface area (Å²) in [5.74, 6) is -0.215. The van der Waals surface area contributed by atoms with Crippen LogP contribution in [0.5, 0.6) is 0 Å². The summed E-state index contributed by atoms with van der Waals surface area (Å²) < 4.78 is 0.989. The van der Waals surface area contributed by atoms with Gasteiger partial charge in [-0.3, -0.25) is 4.79 Å². The maximum atomic E-state index is 11.9. The first-order valence-electron chi connectivity index (χ1n) is 6.65. The molecule has 4 nitrogen and oxygen atoms in total. The van der Waals surface area contributed by atoms with Crippen molar-refractivity contribution in [1.82, 2.24) is 5.43 Å². The Bertz CT molecular complexity index is 656. The topological polar surface area (TPSA) is 53.5 Å². The number of nitrogens with one attached hydrogen (secondary N) is 2. The van der Waals surface area contributed by atoms with Gasteiger partial charge in [0.1, 0.15) is 6.04 Å². The molecule has 0 aliphatic rings. The molecule has 0 saturated carbocycles. The maximum absolute atomic E-state index is 11.9. The summed E-state index contributed by atoms with van der Waals surface area (Å²) in [5.41, 5.74) is 4.23. The van der Waals surface area contributed by atoms with Gasteiger partial charge >= 0.3 is 0 Å². The highest BCUT2D eigenvalue weighted by Gasteiger charge is 2.11. The largest absolute Gasteiger partial charge is 0.374 e. The molecular formula is C16H15BrClN3O. The Balaban J connectivity index is 1.85. The van der Waals surface area contributed by atoms with E-state index in [-0.39, 0.29) is 5.91 Å². The average molecular weight is 381 g/mol. The van der Waals surface area contributed by atoms with Gasteiger partial charge in [0.05, 0.1) is 6.21 Å². The second kappa shape index (κ2) is 7.96. The molecule has 0 bridgehead atoms. The van der Waals surface area contributed by atoms with Crippen LogP contribution in [0.25, 0.3) is 0 Å². The number of amides is 1. The molecule has 2 rings (SSSR count). The highest BCUT2D eigenvalue weighted by Crippen LogP contribution is 2.14. The number of hydrogen-bond donors (Lipinski definition) is 2. The van der Waals surface area contributed by atoms with Gasteiger partial charge in [0, 0.05) is 15.2 Å². The van der Waals surface area contributed by atoms with Crippen molar-refractivity contribution in [3.05, 3.63) is 63.6 Å². The van der Waals surface area contributed by atoms with E-state index < -0.39 is 6.04 Å². The molecule has 1 atom stereocenters. The summed E-state index contributed by atoms with van der Waals surface area (Å²) in [4.78, 5) is 11.9. The molecule has 0 fully saturated rings. The van der Waals surface area contributed by atoms with Gasteiger partial charge < -0.3 is 5.32 Å². The normalized spacial score (nSPS) is 12.1. The molecule has 0 aliphatic carbocycles. The van der Waals surface area contributed by atoms with Crippen LogP contribution in [-0.4, -0.2) is 18.2 Å². The number of hydrazone groups is 1. The fourth-order valence-corrected chi connectivity index (χ4v) is 2.07. The number of carbonyl (C=O) groups excluding carboxylic acids is 1. The third-order valence-corrected chi connectivity index (χ3v) is 3.66. The lowest BCUT2D eigenvalue weighted by atomic mass is 10.2. The number of rotatable bonds is 5. The quantitative estimate of drug-likeness (QED) is 0.607. The summed E-state index contributed by atoms with van der Waals surface area (Å²) in [5, 5.41) is 7.69. The van der Waals surface area contributed by atoms with E-state index in [9.17, 15) is 4.79 Å². The fraction of sp³-hybridized carbons (Fsp3) is 0.125. The summed E-state index contributed by atoms with van der Waals surface area (Å²) >= 11 is 9.17. The smallest absolute Gasteiger partial charge is 0.262 e. The Morgan fingerprint density at radius 3 is 2.45 bits per heavy atom. The molecule has 0 radical (unpaired) electrons. The van der Waals surface area contributed by atoms with E-state index in [1.54, 1.807) is 25.3 Å². The van der Waals surface area contributed by atoms with Crippen molar-refractivity contribution in [2.75, 3.05) is 5.32 Å². The van der Waals surface area contributed by atoms with Crippen molar-refractivity contribution in [1.29, 1.82) is 0 Å². The van der Waals surface area contributed by atoms with Gasteiger partial charge in [0.2, 0.25) is 0 Å². The fourth-order valence-electron chi connectivity index (χ4n) is 1.68. The molecule has 22 heavy (non-hydrogen) atoms. The van der Waals surface area contributed by atoms with Crippen molar-refractivity contribution in [2.24, 2.45) is 5.10 Å². The van der Waals surface area contributed by atoms with Gasteiger partial charge in [-0.2, -0.15) is 5.10 Å². The van der Waals surface area contributed by atoms with Gasteiger partial charge in [0.15, 0.2) is 0 Å². The van der Waals surface area contributed by atoms with Crippen LogP contribution in [0, 0.1) is 0 Å². The summed E-state index contributed by atoms with van der Waals surface area (Å²) in [6.45, 7) is 1.77. The minimum Gasteiger partial charge on any atom is -0.374 e. The molecule has 0 aliphatic heterocycles. The van der Waals surface area contributed by atoms with Crippen LogP contribution >= 0.6 is 27.5 Å². The van der Waals surface area contributed by atoms with Gasteiger partial charge in [-0.25, -0.2) is 5.43 Å². The van der Waals surface area contributed by atoms with Crippen molar-refractivity contribution >= 4 is 45.3 Å². The first kappa shape index (κ1) is 16.5. The van der Waals surface area contributed by atoms with E-state index in [2.05, 4.69) is 31.8 Å². The lowest BCUT2D eigenvalue weighted by molar-refractivity contribution is -0.121. The first-order chi connectivity index (χ1) is 10.5. The molecule has 0 spiro atoms. The Morgan fingerprint density at radius 2 is 1.82 bits per heavy atom. The Labute approximate surface area is 142 Å². The Morgan fingerprint density at radius 1 is 1.18 bits per heavy atom. The predicted octanol–water partition coefficient (Wildman–Crippen LogP) is 4.05. The second-order valence-corrected chi connectivity index (χ2v) is 6.01. The van der Waals surface area contributed by atoms with Crippen LogP contribution in [-0.2, 0) is 4.79 Å². The zero-order valence-electron chi connectivity index (χ0n) is 11.9. The Hall–Kier alpha value is -1.85. The van der Waals surface area contributed by atoms with Crippen LogP contribution in [0.2, 0.25) is 5.02 Å². The number of carbonyl (C=O) groups is 1. The van der Waals surface area contributed by atoms with Gasteiger partial charge in [-0.15, -0.1) is 0 Å². The lowest BCUT2D eigenvalue weighted by Crippen LogP contribution is -2.34. The van der Waals surface area contributed by atoms with Gasteiger partial charge in [-0.1, -0.05) is 39.7 Å². The van der Waals surface area contributed by atoms with Crippen molar-refractivity contribution in [3.63, 3.8) is 0 Å². The minimum absolute atomic E-state index is 0.215. The number of halogens is 2. The van der Waals surface area contributed by atoms with Crippen molar-refractivity contribution in [3.8, 4) is 0 Å². The predicted molar refractivity (Wildman–Crippen MR) is 94.4 cm³/mol. The van der Waals surface area contributed by atoms with Crippen LogP contribution in [0.15, 0.2) is 58.1 Å². The lowest BCUT2D eigenvalue weighted by Gasteiger charge is -2.13. The number of anilines is 1. The SMILES string of the molecule is C[C@H](Nc1ccc(Br)cc1)C(=O)N/N=C\c1ccc(Cl)cc1. The third kappa shape index (κ3) is 5.16. The Kier molecular flexibility index (Phi) is 5.98. The van der Waals surface area contributed by atoms with E-state index in [0.717, 1.165) is 15.7 Å². The number of nitrogens with zero attached hydrogens (tertiary/aromatic N) is 1. The zero-order chi connectivity index (χ0) is 15.9. The van der Waals surface area contributed by atoms with E-state index >= 15 is 0 Å². The number of hydrogen-bond acceptors (Lipinski definition) is 3. The summed E-state index contributed by atoms with van der Waals surface area (Å²) in [6, 6.07) is 14.4. The summed E-state index contributed by atoms with van der Waals surface area (Å²) in [7, 11) is 0. The molecule has 2 aromatic rings. The van der Waals surface area contributed by atoms with Crippen LogP contribution in [0.3, 0.4) is 0 Å².